The fourth-order valence-electron chi connectivity index (χ4n) is 1.68. The highest BCUT2D eigenvalue weighted by Crippen LogP contribution is 2.51. The van der Waals surface area contributed by atoms with Crippen LogP contribution in [0.15, 0.2) is 0 Å². The molecule has 0 aromatic heterocycles. The Morgan fingerprint density at radius 3 is 2.19 bits per heavy atom. The van der Waals surface area contributed by atoms with Gasteiger partial charge in [-0.3, -0.25) is 4.57 Å². The summed E-state index contributed by atoms with van der Waals surface area (Å²) < 4.78 is 107. The van der Waals surface area contributed by atoms with Crippen molar-refractivity contribution in [3.8, 4) is 0 Å². The van der Waals surface area contributed by atoms with Crippen LogP contribution in [0.3, 0.4) is 0 Å². The average Bonchev–Trinajstić information content (AvgIpc) is 2.23. The van der Waals surface area contributed by atoms with Crippen molar-refractivity contribution in [1.29, 1.82) is 0 Å². The van der Waals surface area contributed by atoms with Crippen LogP contribution in [0.5, 0.6) is 0 Å². The summed E-state index contributed by atoms with van der Waals surface area (Å²) in [6, 6.07) is 0. The maximum absolute atomic E-state index is 13.2. The zero-order chi connectivity index (χ0) is 16.5. The van der Waals surface area contributed by atoms with Gasteiger partial charge >= 0.3 is 18.0 Å². The lowest BCUT2D eigenvalue weighted by Gasteiger charge is -2.34. The first-order chi connectivity index (χ1) is 9.29. The Morgan fingerprint density at radius 2 is 1.67 bits per heavy atom. The third-order valence-corrected chi connectivity index (χ3v) is 3.80. The molecule has 0 aliphatic carbocycles. The number of hydrogen-bond donors (Lipinski definition) is 0. The predicted octanol–water partition coefficient (Wildman–Crippen LogP) is 3.26. The lowest BCUT2D eigenvalue weighted by atomic mass is 10.0. The van der Waals surface area contributed by atoms with E-state index in [1.54, 1.807) is 0 Å². The topological polar surface area (TPSA) is 58.6 Å². The van der Waals surface area contributed by atoms with Crippen LogP contribution in [-0.4, -0.2) is 30.7 Å². The van der Waals surface area contributed by atoms with Gasteiger partial charge in [-0.1, -0.05) is 0 Å². The van der Waals surface area contributed by atoms with Crippen molar-refractivity contribution in [3.63, 3.8) is 0 Å². The number of hydrogen-bond acceptors (Lipinski definition) is 4. The van der Waals surface area contributed by atoms with Crippen LogP contribution >= 0.6 is 7.82 Å². The fourth-order valence-corrected chi connectivity index (χ4v) is 2.64. The molecule has 0 N–H and O–H groups in total. The van der Waals surface area contributed by atoms with Gasteiger partial charge in [-0.25, -0.2) is 0 Å². The molecule has 1 aliphatic heterocycles. The summed E-state index contributed by atoms with van der Waals surface area (Å²) in [5.41, 5.74) is 0. The van der Waals surface area contributed by atoms with Gasteiger partial charge < -0.3 is 13.9 Å². The van der Waals surface area contributed by atoms with E-state index in [1.165, 1.54) is 0 Å². The molecule has 0 radical (unpaired) electrons. The van der Waals surface area contributed by atoms with E-state index in [0.717, 1.165) is 0 Å². The van der Waals surface area contributed by atoms with E-state index in [1.807, 2.05) is 0 Å². The van der Waals surface area contributed by atoms with Crippen molar-refractivity contribution < 1.29 is 49.2 Å². The molecule has 0 bridgehead atoms. The minimum Gasteiger partial charge on any atom is -0.756 e. The molecule has 4 nitrogen and oxygen atoms in total. The fraction of sp³-hybridized carbons (Fsp3) is 1.00. The Morgan fingerprint density at radius 1 is 1.10 bits per heavy atom. The summed E-state index contributed by atoms with van der Waals surface area (Å²) in [4.78, 5) is 11.1. The van der Waals surface area contributed by atoms with Crippen LogP contribution in [0.1, 0.15) is 25.7 Å². The molecule has 0 saturated carbocycles. The normalized spacial score (nSPS) is 29.8. The lowest BCUT2D eigenvalue weighted by molar-refractivity contribution is -0.358. The zero-order valence-electron chi connectivity index (χ0n) is 10.3. The minimum absolute atomic E-state index is 0.0817. The van der Waals surface area contributed by atoms with E-state index in [4.69, 9.17) is 0 Å². The summed E-state index contributed by atoms with van der Waals surface area (Å²) in [6.45, 7) is -0.275. The Hall–Kier alpha value is -0.380. The highest BCUT2D eigenvalue weighted by Gasteiger charge is 2.73. The second-order valence-corrected chi connectivity index (χ2v) is 5.85. The van der Waals surface area contributed by atoms with Crippen molar-refractivity contribution in [1.82, 2.24) is 0 Å². The molecular formula is C9H11F7O4P-. The van der Waals surface area contributed by atoms with Gasteiger partial charge in [-0.05, 0) is 19.3 Å². The summed E-state index contributed by atoms with van der Waals surface area (Å²) in [6.07, 6.45) is -10.8. The Labute approximate surface area is 114 Å². The Kier molecular flexibility index (Phi) is 5.35. The van der Waals surface area contributed by atoms with Gasteiger partial charge in [-0.15, -0.1) is 0 Å². The van der Waals surface area contributed by atoms with Crippen LogP contribution in [-0.2, 0) is 13.6 Å². The molecule has 0 aromatic carbocycles. The summed E-state index contributed by atoms with van der Waals surface area (Å²) in [5.74, 6) is -11.8. The van der Waals surface area contributed by atoms with E-state index in [0.29, 0.717) is 0 Å². The van der Waals surface area contributed by atoms with Crippen molar-refractivity contribution in [2.75, 3.05) is 6.61 Å². The third kappa shape index (κ3) is 4.54. The molecule has 1 heterocycles. The van der Waals surface area contributed by atoms with Crippen LogP contribution < -0.4 is 4.89 Å². The van der Waals surface area contributed by atoms with Crippen LogP contribution in [0.4, 0.5) is 30.7 Å². The predicted molar refractivity (Wildman–Crippen MR) is 52.8 cm³/mol. The van der Waals surface area contributed by atoms with E-state index in [9.17, 15) is 40.2 Å². The van der Waals surface area contributed by atoms with E-state index < -0.39 is 44.8 Å². The van der Waals surface area contributed by atoms with Crippen molar-refractivity contribution in [2.45, 2.75) is 49.8 Å². The largest absolute Gasteiger partial charge is 0.756 e. The smallest absolute Gasteiger partial charge is 0.459 e. The minimum atomic E-state index is -6.46. The monoisotopic (exact) mass is 347 g/mol. The lowest BCUT2D eigenvalue weighted by Crippen LogP contribution is -2.53. The number of rotatable bonds is 3. The highest BCUT2D eigenvalue weighted by atomic mass is 31.2. The maximum atomic E-state index is 13.2. The first-order valence-corrected chi connectivity index (χ1v) is 7.21. The second-order valence-electron chi connectivity index (χ2n) is 4.48. The zero-order valence-corrected chi connectivity index (χ0v) is 11.2. The van der Waals surface area contributed by atoms with Gasteiger partial charge in [-0.2, -0.15) is 30.7 Å². The average molecular weight is 347 g/mol. The molecule has 2 atom stereocenters. The molecule has 21 heavy (non-hydrogen) atoms. The number of halogens is 7. The molecule has 1 rings (SSSR count). The van der Waals surface area contributed by atoms with Gasteiger partial charge in [0.2, 0.25) is 0 Å². The van der Waals surface area contributed by atoms with Gasteiger partial charge in [0.15, 0.2) is 0 Å². The molecule has 126 valence electrons. The van der Waals surface area contributed by atoms with E-state index in [2.05, 4.69) is 9.05 Å². The van der Waals surface area contributed by atoms with Crippen LogP contribution in [0.2, 0.25) is 0 Å². The standard InChI is InChI=1S/C9H12F7O4P/c10-7(11,8(12,13)9(14,15)16)5-6-3-1-2-4-19-21(17,18)20-6/h6H,1-5H2,(H,17,18)/p-1. The molecular weight excluding hydrogens is 336 g/mol. The molecule has 1 fully saturated rings. The Bertz CT molecular complexity index is 411. The molecule has 0 amide bonds. The highest BCUT2D eigenvalue weighted by molar-refractivity contribution is 7.45. The summed E-state index contributed by atoms with van der Waals surface area (Å²) in [5, 5.41) is 0. The summed E-state index contributed by atoms with van der Waals surface area (Å²) in [7, 11) is -5.00. The molecule has 1 aliphatic rings. The first kappa shape index (κ1) is 18.7. The van der Waals surface area contributed by atoms with Gasteiger partial charge in [0.25, 0.3) is 7.82 Å². The van der Waals surface area contributed by atoms with Crippen molar-refractivity contribution in [3.05, 3.63) is 0 Å². The molecule has 2 unspecified atom stereocenters. The quantitative estimate of drug-likeness (QED) is 0.581. The molecule has 12 heteroatoms. The Balaban J connectivity index is 2.88. The van der Waals surface area contributed by atoms with Crippen LogP contribution in [0.25, 0.3) is 0 Å². The van der Waals surface area contributed by atoms with Crippen molar-refractivity contribution in [2.24, 2.45) is 0 Å². The van der Waals surface area contributed by atoms with Crippen LogP contribution in [0, 0.1) is 0 Å². The summed E-state index contributed by atoms with van der Waals surface area (Å²) >= 11 is 0. The molecule has 1 saturated heterocycles. The first-order valence-electron chi connectivity index (χ1n) is 5.75. The van der Waals surface area contributed by atoms with Gasteiger partial charge in [0.05, 0.1) is 12.7 Å². The molecule has 0 aromatic rings. The maximum Gasteiger partial charge on any atom is 0.459 e. The third-order valence-electron chi connectivity index (χ3n) is 2.75. The second kappa shape index (κ2) is 6.02. The van der Waals surface area contributed by atoms with Crippen molar-refractivity contribution >= 4 is 7.82 Å². The van der Waals surface area contributed by atoms with Gasteiger partial charge in [0.1, 0.15) is 0 Å². The number of alkyl halides is 7. The number of phosphoric ester groups is 1. The molecule has 0 spiro atoms. The van der Waals surface area contributed by atoms with Gasteiger partial charge in [0, 0.05) is 6.42 Å². The van der Waals surface area contributed by atoms with E-state index in [-0.39, 0.29) is 19.4 Å². The van der Waals surface area contributed by atoms with E-state index >= 15 is 0 Å². The SMILES string of the molecule is O=P1([O-])OCCCCC(CC(F)(F)C(F)(F)C(F)(F)F)O1. The number of phosphoric acid groups is 1.